The van der Waals surface area contributed by atoms with Crippen LogP contribution in [0.1, 0.15) is 38.2 Å². The molecule has 0 aromatic carbocycles. The summed E-state index contributed by atoms with van der Waals surface area (Å²) in [4.78, 5) is 8.95. The van der Waals surface area contributed by atoms with Gasteiger partial charge < -0.3 is 10.5 Å². The monoisotopic (exact) mass is 333 g/mol. The molecule has 0 radical (unpaired) electrons. The lowest BCUT2D eigenvalue weighted by molar-refractivity contribution is 0.00925. The fourth-order valence-corrected chi connectivity index (χ4v) is 2.56. The van der Waals surface area contributed by atoms with E-state index < -0.39 is 0 Å². The molecule has 5 heteroatoms. The lowest BCUT2D eigenvalue weighted by Crippen LogP contribution is -2.25. The number of rotatable bonds is 2. The molecule has 2 heterocycles. The molecule has 1 saturated heterocycles. The van der Waals surface area contributed by atoms with Crippen molar-refractivity contribution in [3.63, 3.8) is 0 Å². The van der Waals surface area contributed by atoms with Gasteiger partial charge in [-0.25, -0.2) is 9.97 Å². The van der Waals surface area contributed by atoms with E-state index in [0.29, 0.717) is 5.82 Å². The molecule has 2 rings (SSSR count). The second-order valence-electron chi connectivity index (χ2n) is 4.23. The van der Waals surface area contributed by atoms with Crippen LogP contribution in [0.25, 0.3) is 0 Å². The van der Waals surface area contributed by atoms with Crippen LogP contribution in [0.5, 0.6) is 0 Å². The maximum Gasteiger partial charge on any atom is 0.162 e. The van der Waals surface area contributed by atoms with Gasteiger partial charge in [-0.1, -0.05) is 6.92 Å². The molecule has 0 aliphatic carbocycles. The standard InChI is InChI=1S/C11H16IN3O/c1-3-7-8(12)9(13)15-10(14-7)11(2)5-4-6-16-11/h3-6H2,1-2H3,(H2,13,14,15). The van der Waals surface area contributed by atoms with Crippen molar-refractivity contribution in [1.29, 1.82) is 0 Å². The van der Waals surface area contributed by atoms with Crippen LogP contribution >= 0.6 is 22.6 Å². The molecule has 1 aromatic heterocycles. The van der Waals surface area contributed by atoms with Gasteiger partial charge in [-0.05, 0) is 48.8 Å². The van der Waals surface area contributed by atoms with Crippen molar-refractivity contribution in [3.8, 4) is 0 Å². The highest BCUT2D eigenvalue weighted by Gasteiger charge is 2.35. The first-order valence-electron chi connectivity index (χ1n) is 5.53. The number of ether oxygens (including phenoxy) is 1. The molecule has 1 fully saturated rings. The second-order valence-corrected chi connectivity index (χ2v) is 5.31. The molecule has 0 bridgehead atoms. The summed E-state index contributed by atoms with van der Waals surface area (Å²) in [7, 11) is 0. The molecule has 1 atom stereocenters. The summed E-state index contributed by atoms with van der Waals surface area (Å²) >= 11 is 2.20. The van der Waals surface area contributed by atoms with E-state index in [1.165, 1.54) is 0 Å². The number of nitrogens with two attached hydrogens (primary N) is 1. The molecule has 1 aromatic rings. The van der Waals surface area contributed by atoms with Crippen LogP contribution in [0, 0.1) is 3.57 Å². The molecule has 0 saturated carbocycles. The van der Waals surface area contributed by atoms with Crippen LogP contribution < -0.4 is 5.73 Å². The third-order valence-corrected chi connectivity index (χ3v) is 4.15. The smallest absolute Gasteiger partial charge is 0.162 e. The molecule has 1 unspecified atom stereocenters. The average molecular weight is 333 g/mol. The quantitative estimate of drug-likeness (QED) is 0.844. The highest BCUT2D eigenvalue weighted by atomic mass is 127. The van der Waals surface area contributed by atoms with Gasteiger partial charge in [-0.3, -0.25) is 0 Å². The van der Waals surface area contributed by atoms with Crippen LogP contribution in [-0.2, 0) is 16.8 Å². The van der Waals surface area contributed by atoms with Crippen LogP contribution in [-0.4, -0.2) is 16.6 Å². The van der Waals surface area contributed by atoms with Crippen molar-refractivity contribution in [1.82, 2.24) is 9.97 Å². The summed E-state index contributed by atoms with van der Waals surface area (Å²) in [6.45, 7) is 4.90. The van der Waals surface area contributed by atoms with E-state index >= 15 is 0 Å². The first kappa shape index (κ1) is 12.0. The molecule has 88 valence electrons. The SMILES string of the molecule is CCc1nc(C2(C)CCCO2)nc(N)c1I. The van der Waals surface area contributed by atoms with Crippen molar-refractivity contribution in [2.24, 2.45) is 0 Å². The zero-order valence-electron chi connectivity index (χ0n) is 9.59. The summed E-state index contributed by atoms with van der Waals surface area (Å²) in [5, 5.41) is 0. The molecule has 0 spiro atoms. The Hall–Kier alpha value is -0.430. The Kier molecular flexibility index (Phi) is 3.34. The highest BCUT2D eigenvalue weighted by molar-refractivity contribution is 14.1. The van der Waals surface area contributed by atoms with Gasteiger partial charge in [0.1, 0.15) is 11.4 Å². The van der Waals surface area contributed by atoms with Gasteiger partial charge in [0.25, 0.3) is 0 Å². The highest BCUT2D eigenvalue weighted by Crippen LogP contribution is 2.34. The van der Waals surface area contributed by atoms with Gasteiger partial charge in [-0.2, -0.15) is 0 Å². The minimum absolute atomic E-state index is 0.345. The number of halogens is 1. The first-order chi connectivity index (χ1) is 7.57. The summed E-state index contributed by atoms with van der Waals surface area (Å²) in [5.74, 6) is 1.30. The molecule has 0 amide bonds. The lowest BCUT2D eigenvalue weighted by Gasteiger charge is -2.22. The third-order valence-electron chi connectivity index (χ3n) is 2.97. The van der Waals surface area contributed by atoms with E-state index in [9.17, 15) is 0 Å². The fraction of sp³-hybridized carbons (Fsp3) is 0.636. The summed E-state index contributed by atoms with van der Waals surface area (Å²) < 4.78 is 6.70. The van der Waals surface area contributed by atoms with Crippen LogP contribution in [0.15, 0.2) is 0 Å². The summed E-state index contributed by atoms with van der Waals surface area (Å²) in [6.07, 6.45) is 2.90. The Morgan fingerprint density at radius 3 is 2.81 bits per heavy atom. The van der Waals surface area contributed by atoms with Crippen molar-refractivity contribution >= 4 is 28.4 Å². The number of nitrogens with zero attached hydrogens (tertiary/aromatic N) is 2. The topological polar surface area (TPSA) is 61.0 Å². The predicted octanol–water partition coefficient (Wildman–Crippen LogP) is 2.25. The maximum absolute atomic E-state index is 5.91. The Labute approximate surface area is 109 Å². The molecule has 4 nitrogen and oxygen atoms in total. The van der Waals surface area contributed by atoms with Crippen molar-refractivity contribution in [3.05, 3.63) is 15.1 Å². The van der Waals surface area contributed by atoms with Gasteiger partial charge >= 0.3 is 0 Å². The molecular formula is C11H16IN3O. The zero-order chi connectivity index (χ0) is 11.8. The number of anilines is 1. The molecule has 1 aliphatic rings. The Bertz CT molecular complexity index is 402. The third kappa shape index (κ3) is 2.02. The van der Waals surface area contributed by atoms with Gasteiger partial charge in [-0.15, -0.1) is 0 Å². The number of nitrogen functional groups attached to an aromatic ring is 1. The van der Waals surface area contributed by atoms with E-state index in [1.807, 2.05) is 6.92 Å². The Morgan fingerprint density at radius 1 is 1.50 bits per heavy atom. The minimum atomic E-state index is -0.345. The van der Waals surface area contributed by atoms with E-state index in [2.05, 4.69) is 39.5 Å². The largest absolute Gasteiger partial charge is 0.383 e. The van der Waals surface area contributed by atoms with Crippen molar-refractivity contribution in [2.45, 2.75) is 38.7 Å². The molecular weight excluding hydrogens is 317 g/mol. The first-order valence-corrected chi connectivity index (χ1v) is 6.61. The number of aromatic nitrogens is 2. The van der Waals surface area contributed by atoms with Gasteiger partial charge in [0.2, 0.25) is 0 Å². The van der Waals surface area contributed by atoms with E-state index in [1.54, 1.807) is 0 Å². The summed E-state index contributed by atoms with van der Waals surface area (Å²) in [6, 6.07) is 0. The van der Waals surface area contributed by atoms with Crippen LogP contribution in [0.2, 0.25) is 0 Å². The second kappa shape index (κ2) is 4.44. The maximum atomic E-state index is 5.91. The molecule has 16 heavy (non-hydrogen) atoms. The van der Waals surface area contributed by atoms with E-state index in [0.717, 1.165) is 41.0 Å². The minimum Gasteiger partial charge on any atom is -0.383 e. The van der Waals surface area contributed by atoms with Gasteiger partial charge in [0.05, 0.1) is 9.26 Å². The van der Waals surface area contributed by atoms with Gasteiger partial charge in [0, 0.05) is 6.61 Å². The molecule has 2 N–H and O–H groups in total. The Morgan fingerprint density at radius 2 is 2.25 bits per heavy atom. The number of hydrogen-bond donors (Lipinski definition) is 1. The number of aryl methyl sites for hydroxylation is 1. The van der Waals surface area contributed by atoms with Gasteiger partial charge in [0.15, 0.2) is 5.82 Å². The fourth-order valence-electron chi connectivity index (χ4n) is 1.94. The van der Waals surface area contributed by atoms with E-state index in [-0.39, 0.29) is 5.60 Å². The summed E-state index contributed by atoms with van der Waals surface area (Å²) in [5.41, 5.74) is 6.58. The van der Waals surface area contributed by atoms with Crippen LogP contribution in [0.4, 0.5) is 5.82 Å². The Balaban J connectivity index is 2.45. The zero-order valence-corrected chi connectivity index (χ0v) is 11.7. The number of hydrogen-bond acceptors (Lipinski definition) is 4. The van der Waals surface area contributed by atoms with Crippen molar-refractivity contribution in [2.75, 3.05) is 12.3 Å². The predicted molar refractivity (Wildman–Crippen MR) is 71.1 cm³/mol. The van der Waals surface area contributed by atoms with Crippen molar-refractivity contribution < 1.29 is 4.74 Å². The normalized spacial score (nSPS) is 24.9. The lowest BCUT2D eigenvalue weighted by atomic mass is 10.0. The molecule has 1 aliphatic heterocycles. The average Bonchev–Trinajstić information content (AvgIpc) is 2.70. The van der Waals surface area contributed by atoms with Crippen LogP contribution in [0.3, 0.4) is 0 Å². The van der Waals surface area contributed by atoms with E-state index in [4.69, 9.17) is 10.5 Å².